The first-order chi connectivity index (χ1) is 11.8. The second-order valence-electron chi connectivity index (χ2n) is 5.41. The fraction of sp³-hybridized carbons (Fsp3) is 0.222. The van der Waals surface area contributed by atoms with E-state index in [2.05, 4.69) is 4.99 Å². The standard InChI is InChI=1S/C18H16N2O3S/c1-2-20-12-7-3-6-10-16(12)24-18(20)19-17(21)15-11-22-13-8-4-5-9-14(13)23-15/h3-10,15H,2,11H2,1H3. The van der Waals surface area contributed by atoms with E-state index in [0.717, 1.165) is 16.8 Å². The highest BCUT2D eigenvalue weighted by Crippen LogP contribution is 2.31. The smallest absolute Gasteiger partial charge is 0.292 e. The third-order valence-electron chi connectivity index (χ3n) is 3.89. The van der Waals surface area contributed by atoms with Gasteiger partial charge in [-0.25, -0.2) is 0 Å². The second-order valence-corrected chi connectivity index (χ2v) is 6.42. The van der Waals surface area contributed by atoms with Gasteiger partial charge in [0.25, 0.3) is 5.91 Å². The van der Waals surface area contributed by atoms with Gasteiger partial charge in [-0.2, -0.15) is 4.99 Å². The molecular formula is C18H16N2O3S. The minimum atomic E-state index is -0.713. The van der Waals surface area contributed by atoms with Crippen molar-refractivity contribution < 1.29 is 14.3 Å². The van der Waals surface area contributed by atoms with Crippen molar-refractivity contribution in [2.45, 2.75) is 19.6 Å². The summed E-state index contributed by atoms with van der Waals surface area (Å²) in [5.41, 5.74) is 1.09. The molecular weight excluding hydrogens is 324 g/mol. The first kappa shape index (κ1) is 15.0. The van der Waals surface area contributed by atoms with Crippen molar-refractivity contribution in [3.05, 3.63) is 53.3 Å². The Morgan fingerprint density at radius 2 is 1.96 bits per heavy atom. The summed E-state index contributed by atoms with van der Waals surface area (Å²) in [5.74, 6) is 0.919. The summed E-state index contributed by atoms with van der Waals surface area (Å²) in [6.45, 7) is 2.97. The normalized spacial score (nSPS) is 17.2. The molecule has 24 heavy (non-hydrogen) atoms. The van der Waals surface area contributed by atoms with Crippen molar-refractivity contribution in [3.63, 3.8) is 0 Å². The van der Waals surface area contributed by atoms with E-state index < -0.39 is 6.10 Å². The van der Waals surface area contributed by atoms with E-state index in [0.29, 0.717) is 16.3 Å². The number of amides is 1. The maximum Gasteiger partial charge on any atom is 0.292 e. The number of aryl methyl sites for hydroxylation is 1. The molecule has 0 fully saturated rings. The maximum atomic E-state index is 12.5. The third-order valence-corrected chi connectivity index (χ3v) is 4.95. The Labute approximate surface area is 142 Å². The molecule has 0 saturated carbocycles. The van der Waals surface area contributed by atoms with Crippen molar-refractivity contribution in [1.29, 1.82) is 0 Å². The highest BCUT2D eigenvalue weighted by Gasteiger charge is 2.27. The predicted octanol–water partition coefficient (Wildman–Crippen LogP) is 2.99. The van der Waals surface area contributed by atoms with Crippen molar-refractivity contribution in [2.24, 2.45) is 4.99 Å². The number of para-hydroxylation sites is 3. The van der Waals surface area contributed by atoms with Crippen LogP contribution in [-0.2, 0) is 11.3 Å². The quantitative estimate of drug-likeness (QED) is 0.721. The summed E-state index contributed by atoms with van der Waals surface area (Å²) in [4.78, 5) is 17.5. The predicted molar refractivity (Wildman–Crippen MR) is 92.4 cm³/mol. The zero-order valence-corrected chi connectivity index (χ0v) is 14.0. The molecule has 0 bridgehead atoms. The summed E-state index contributed by atoms with van der Waals surface area (Å²) in [6.07, 6.45) is -0.713. The summed E-state index contributed by atoms with van der Waals surface area (Å²) < 4.78 is 14.5. The van der Waals surface area contributed by atoms with Crippen LogP contribution in [-0.4, -0.2) is 23.2 Å². The molecule has 0 N–H and O–H groups in total. The van der Waals surface area contributed by atoms with Gasteiger partial charge < -0.3 is 14.0 Å². The van der Waals surface area contributed by atoms with Crippen LogP contribution in [0.5, 0.6) is 11.5 Å². The third kappa shape index (κ3) is 2.59. The molecule has 0 radical (unpaired) electrons. The first-order valence-electron chi connectivity index (χ1n) is 7.81. The molecule has 122 valence electrons. The number of carbonyl (C=O) groups excluding carboxylic acids is 1. The highest BCUT2D eigenvalue weighted by atomic mass is 32.1. The lowest BCUT2D eigenvalue weighted by Gasteiger charge is -2.23. The van der Waals surface area contributed by atoms with Crippen LogP contribution >= 0.6 is 11.3 Å². The van der Waals surface area contributed by atoms with E-state index in [1.165, 1.54) is 11.3 Å². The van der Waals surface area contributed by atoms with Crippen LogP contribution in [0.4, 0.5) is 0 Å². The van der Waals surface area contributed by atoms with Crippen LogP contribution in [0.1, 0.15) is 6.92 Å². The van der Waals surface area contributed by atoms with E-state index in [1.54, 1.807) is 6.07 Å². The number of benzene rings is 2. The van der Waals surface area contributed by atoms with Crippen LogP contribution in [0, 0.1) is 0 Å². The van der Waals surface area contributed by atoms with Crippen LogP contribution < -0.4 is 14.3 Å². The summed E-state index contributed by atoms with van der Waals surface area (Å²) in [5, 5.41) is 0. The Morgan fingerprint density at radius 1 is 1.21 bits per heavy atom. The lowest BCUT2D eigenvalue weighted by molar-refractivity contribution is -0.127. The molecule has 1 aliphatic rings. The second kappa shape index (κ2) is 6.13. The van der Waals surface area contributed by atoms with Gasteiger partial charge in [-0.1, -0.05) is 35.6 Å². The SMILES string of the molecule is CCn1c(=NC(=O)C2COc3ccccc3O2)sc2ccccc21. The molecule has 0 spiro atoms. The van der Waals surface area contributed by atoms with Crippen molar-refractivity contribution >= 4 is 27.5 Å². The number of ether oxygens (including phenoxy) is 2. The minimum Gasteiger partial charge on any atom is -0.485 e. The summed E-state index contributed by atoms with van der Waals surface area (Å²) in [6, 6.07) is 15.4. The molecule has 1 atom stereocenters. The van der Waals surface area contributed by atoms with Gasteiger partial charge in [0.1, 0.15) is 6.61 Å². The Hall–Kier alpha value is -2.60. The van der Waals surface area contributed by atoms with E-state index >= 15 is 0 Å². The Balaban J connectivity index is 1.68. The summed E-state index contributed by atoms with van der Waals surface area (Å²) >= 11 is 1.51. The van der Waals surface area contributed by atoms with Gasteiger partial charge in [0.05, 0.1) is 10.2 Å². The molecule has 2 aromatic carbocycles. The van der Waals surface area contributed by atoms with Crippen LogP contribution in [0.2, 0.25) is 0 Å². The molecule has 2 heterocycles. The van der Waals surface area contributed by atoms with Gasteiger partial charge in [-0.3, -0.25) is 4.79 Å². The zero-order valence-electron chi connectivity index (χ0n) is 13.1. The molecule has 6 heteroatoms. The van der Waals surface area contributed by atoms with Crippen LogP contribution in [0.3, 0.4) is 0 Å². The summed E-state index contributed by atoms with van der Waals surface area (Å²) in [7, 11) is 0. The number of thiazole rings is 1. The minimum absolute atomic E-state index is 0.177. The monoisotopic (exact) mass is 340 g/mol. The maximum absolute atomic E-state index is 12.5. The number of hydrogen-bond donors (Lipinski definition) is 0. The van der Waals surface area contributed by atoms with E-state index in [9.17, 15) is 4.79 Å². The molecule has 3 aromatic rings. The molecule has 0 aliphatic carbocycles. The first-order valence-corrected chi connectivity index (χ1v) is 8.63. The van der Waals surface area contributed by atoms with E-state index in [4.69, 9.17) is 9.47 Å². The number of hydrogen-bond acceptors (Lipinski definition) is 4. The Kier molecular flexibility index (Phi) is 3.82. The lowest BCUT2D eigenvalue weighted by atomic mass is 10.2. The number of nitrogens with zero attached hydrogens (tertiary/aromatic N) is 2. The van der Waals surface area contributed by atoms with Crippen LogP contribution in [0.25, 0.3) is 10.2 Å². The van der Waals surface area contributed by atoms with Crippen molar-refractivity contribution in [1.82, 2.24) is 4.57 Å². The largest absolute Gasteiger partial charge is 0.485 e. The molecule has 5 nitrogen and oxygen atoms in total. The Bertz CT molecular complexity index is 974. The number of carbonyl (C=O) groups is 1. The van der Waals surface area contributed by atoms with Gasteiger partial charge in [-0.05, 0) is 31.2 Å². The highest BCUT2D eigenvalue weighted by molar-refractivity contribution is 7.16. The average molecular weight is 340 g/mol. The van der Waals surface area contributed by atoms with Crippen LogP contribution in [0.15, 0.2) is 53.5 Å². The number of aromatic nitrogens is 1. The molecule has 1 unspecified atom stereocenters. The molecule has 1 amide bonds. The van der Waals surface area contributed by atoms with Gasteiger partial charge in [0.2, 0.25) is 6.10 Å². The van der Waals surface area contributed by atoms with E-state index in [-0.39, 0.29) is 12.5 Å². The lowest BCUT2D eigenvalue weighted by Crippen LogP contribution is -2.36. The number of fused-ring (bicyclic) bond motifs is 2. The number of rotatable bonds is 2. The molecule has 1 aliphatic heterocycles. The zero-order chi connectivity index (χ0) is 16.5. The Morgan fingerprint density at radius 3 is 2.79 bits per heavy atom. The molecule has 4 rings (SSSR count). The fourth-order valence-corrected chi connectivity index (χ4v) is 3.82. The van der Waals surface area contributed by atoms with Gasteiger partial charge in [0, 0.05) is 6.54 Å². The van der Waals surface area contributed by atoms with Crippen molar-refractivity contribution in [2.75, 3.05) is 6.61 Å². The van der Waals surface area contributed by atoms with Crippen molar-refractivity contribution in [3.8, 4) is 11.5 Å². The molecule has 0 saturated heterocycles. The van der Waals surface area contributed by atoms with Gasteiger partial charge in [0.15, 0.2) is 16.3 Å². The average Bonchev–Trinajstić information content (AvgIpc) is 2.98. The topological polar surface area (TPSA) is 52.8 Å². The fourth-order valence-electron chi connectivity index (χ4n) is 2.72. The van der Waals surface area contributed by atoms with Gasteiger partial charge >= 0.3 is 0 Å². The molecule has 1 aromatic heterocycles. The van der Waals surface area contributed by atoms with Gasteiger partial charge in [-0.15, -0.1) is 0 Å². The van der Waals surface area contributed by atoms with E-state index in [1.807, 2.05) is 54.0 Å².